The Morgan fingerprint density at radius 1 is 0.500 bits per heavy atom. The van der Waals surface area contributed by atoms with Gasteiger partial charge in [-0.05, 0) is 0 Å². The number of hydrogen-bond acceptors (Lipinski definition) is 0. The van der Waals surface area contributed by atoms with Crippen molar-refractivity contribution >= 4 is 24.8 Å². The number of rotatable bonds is 4. The van der Waals surface area contributed by atoms with Crippen LogP contribution in [0.1, 0.15) is 64.7 Å². The molecule has 0 nitrogen and oxygen atoms in total. The van der Waals surface area contributed by atoms with Gasteiger partial charge in [-0.3, -0.25) is 0 Å². The molecule has 4 aromatic carbocycles. The molecule has 0 heterocycles. The first kappa shape index (κ1) is 26.9. The minimum atomic E-state index is -0.0311. The Morgan fingerprint density at radius 3 is 1.21 bits per heavy atom. The Bertz CT molecular complexity index is 1180. The molecule has 0 saturated heterocycles. The largest absolute Gasteiger partial charge is 0.147 e. The Hall–Kier alpha value is -1.66. The van der Waals surface area contributed by atoms with Crippen molar-refractivity contribution in [2.75, 3.05) is 0 Å². The van der Waals surface area contributed by atoms with E-state index in [1.807, 2.05) is 0 Å². The van der Waals surface area contributed by atoms with Crippen LogP contribution in [0.25, 0.3) is 11.1 Å². The van der Waals surface area contributed by atoms with Crippen LogP contribution in [0.5, 0.6) is 0 Å². The van der Waals surface area contributed by atoms with Gasteiger partial charge in [-0.1, -0.05) is 0 Å². The number of benzene rings is 4. The summed E-state index contributed by atoms with van der Waals surface area (Å²) in [6.45, 7) is 9.35. The molecule has 0 radical (unpaired) electrons. The molecule has 1 aliphatic rings. The molecule has 5 rings (SSSR count). The molecule has 0 fully saturated rings. The molecule has 0 unspecified atom stereocenters. The van der Waals surface area contributed by atoms with Crippen molar-refractivity contribution in [3.8, 4) is 11.1 Å². The van der Waals surface area contributed by atoms with Crippen LogP contribution in [-0.2, 0) is 35.5 Å². The molecule has 0 aliphatic heterocycles. The molecular formula is C31H31Cl2Zr. The third-order valence-corrected chi connectivity index (χ3v) is 8.98. The summed E-state index contributed by atoms with van der Waals surface area (Å²) >= 11 is 1.56. The summed E-state index contributed by atoms with van der Waals surface area (Å²) in [5, 5.41) is 0. The average molecular weight is 566 g/mol. The van der Waals surface area contributed by atoms with Crippen molar-refractivity contribution in [1.29, 1.82) is 0 Å². The molecule has 173 valence electrons. The molecule has 0 bridgehead atoms. The Kier molecular flexibility index (Phi) is 8.04. The molecule has 0 spiro atoms. The second kappa shape index (κ2) is 10.1. The van der Waals surface area contributed by atoms with E-state index >= 15 is 0 Å². The van der Waals surface area contributed by atoms with E-state index in [1.165, 1.54) is 44.5 Å². The van der Waals surface area contributed by atoms with Gasteiger partial charge in [-0.25, -0.2) is 0 Å². The second-order valence-corrected chi connectivity index (χ2v) is 11.4. The first-order valence-corrected chi connectivity index (χ1v) is 12.8. The molecule has 3 heteroatoms. The zero-order valence-electron chi connectivity index (χ0n) is 20.1. The van der Waals surface area contributed by atoms with Gasteiger partial charge in [0.25, 0.3) is 0 Å². The molecule has 0 aromatic heterocycles. The van der Waals surface area contributed by atoms with E-state index in [9.17, 15) is 0 Å². The van der Waals surface area contributed by atoms with E-state index in [0.29, 0.717) is 3.63 Å². The SMILES string of the molecule is CC(C)(c1ccccc1)c1ccc2c(c1)-c1cc(C(C)(C)c3ccccc3)ccc1[CH]2[Zr].Cl.Cl. The summed E-state index contributed by atoms with van der Waals surface area (Å²) in [7, 11) is 0. The topological polar surface area (TPSA) is 0 Å². The van der Waals surface area contributed by atoms with Gasteiger partial charge in [0.05, 0.1) is 0 Å². The van der Waals surface area contributed by atoms with Crippen molar-refractivity contribution < 1.29 is 24.7 Å². The normalized spacial score (nSPS) is 12.8. The fourth-order valence-corrected chi connectivity index (χ4v) is 6.31. The summed E-state index contributed by atoms with van der Waals surface area (Å²) < 4.78 is 0.523. The van der Waals surface area contributed by atoms with E-state index in [0.717, 1.165) is 0 Å². The molecule has 0 saturated carbocycles. The van der Waals surface area contributed by atoms with Crippen LogP contribution in [0.15, 0.2) is 97.1 Å². The van der Waals surface area contributed by atoms with Crippen LogP contribution < -0.4 is 0 Å². The molecule has 0 amide bonds. The van der Waals surface area contributed by atoms with Gasteiger partial charge in [0.15, 0.2) is 0 Å². The Labute approximate surface area is 231 Å². The van der Waals surface area contributed by atoms with E-state index in [4.69, 9.17) is 0 Å². The zero-order valence-corrected chi connectivity index (χ0v) is 24.2. The zero-order chi connectivity index (χ0) is 22.5. The van der Waals surface area contributed by atoms with Crippen molar-refractivity contribution in [3.63, 3.8) is 0 Å². The maximum atomic E-state index is 2.46. The molecular weight excluding hydrogens is 534 g/mol. The molecule has 0 N–H and O–H groups in total. The number of halogens is 2. The van der Waals surface area contributed by atoms with Gasteiger partial charge in [0.2, 0.25) is 0 Å². The van der Waals surface area contributed by atoms with Crippen LogP contribution >= 0.6 is 24.8 Å². The monoisotopic (exact) mass is 563 g/mol. The Morgan fingerprint density at radius 2 is 0.853 bits per heavy atom. The average Bonchev–Trinajstić information content (AvgIpc) is 3.11. The van der Waals surface area contributed by atoms with Crippen LogP contribution in [0.3, 0.4) is 0 Å². The number of hydrogen-bond donors (Lipinski definition) is 0. The molecule has 34 heavy (non-hydrogen) atoms. The van der Waals surface area contributed by atoms with Gasteiger partial charge in [0.1, 0.15) is 0 Å². The maximum Gasteiger partial charge on any atom is -0.147 e. The number of fused-ring (bicyclic) bond motifs is 3. The van der Waals surface area contributed by atoms with Crippen LogP contribution in [0.4, 0.5) is 0 Å². The van der Waals surface area contributed by atoms with Crippen molar-refractivity contribution in [3.05, 3.63) is 130 Å². The van der Waals surface area contributed by atoms with Crippen molar-refractivity contribution in [2.45, 2.75) is 42.2 Å². The predicted molar refractivity (Wildman–Crippen MR) is 145 cm³/mol. The molecule has 0 atom stereocenters. The van der Waals surface area contributed by atoms with Crippen LogP contribution in [-0.4, -0.2) is 0 Å². The summed E-state index contributed by atoms with van der Waals surface area (Å²) in [5.74, 6) is 0. The van der Waals surface area contributed by atoms with Gasteiger partial charge < -0.3 is 0 Å². The first-order valence-electron chi connectivity index (χ1n) is 11.4. The summed E-state index contributed by atoms with van der Waals surface area (Å²) in [6, 6.07) is 36.1. The minimum absolute atomic E-state index is 0. The molecule has 4 aromatic rings. The Balaban J connectivity index is 0.00000162. The first-order chi connectivity index (χ1) is 15.3. The van der Waals surface area contributed by atoms with Crippen molar-refractivity contribution in [2.24, 2.45) is 0 Å². The van der Waals surface area contributed by atoms with Crippen LogP contribution in [0, 0.1) is 0 Å². The van der Waals surface area contributed by atoms with Gasteiger partial charge >= 0.3 is 208 Å². The summed E-state index contributed by atoms with van der Waals surface area (Å²) in [4.78, 5) is 0. The molecule has 1 aliphatic carbocycles. The minimum Gasteiger partial charge on any atom is -0.147 e. The van der Waals surface area contributed by atoms with Crippen molar-refractivity contribution in [1.82, 2.24) is 0 Å². The van der Waals surface area contributed by atoms with E-state index in [2.05, 4.69) is 125 Å². The summed E-state index contributed by atoms with van der Waals surface area (Å²) in [6.07, 6.45) is 0. The fraction of sp³-hybridized carbons (Fsp3) is 0.226. The summed E-state index contributed by atoms with van der Waals surface area (Å²) in [5.41, 5.74) is 11.2. The predicted octanol–water partition coefficient (Wildman–Crippen LogP) is 8.80. The van der Waals surface area contributed by atoms with Gasteiger partial charge in [-0.2, -0.15) is 0 Å². The van der Waals surface area contributed by atoms with E-state index < -0.39 is 0 Å². The van der Waals surface area contributed by atoms with Gasteiger partial charge in [-0.15, -0.1) is 24.8 Å². The standard InChI is InChI=1S/C31H29.2ClH.Zr/c1-30(2,24-11-7-5-8-12-24)26-17-15-22-19-23-16-18-27(21-29(23)28(22)20-26)31(3,4)25-13-9-6-10-14-25;;;/h5-21H,1-4H3;2*1H;. The third-order valence-electron chi connectivity index (χ3n) is 7.45. The second-order valence-electron chi connectivity index (χ2n) is 10.0. The smallest absolute Gasteiger partial charge is 0.147 e. The van der Waals surface area contributed by atoms with E-state index in [1.54, 1.807) is 24.7 Å². The van der Waals surface area contributed by atoms with Crippen LogP contribution in [0.2, 0.25) is 0 Å². The van der Waals surface area contributed by atoms with Gasteiger partial charge in [0, 0.05) is 0 Å². The van der Waals surface area contributed by atoms with E-state index in [-0.39, 0.29) is 35.6 Å². The quantitative estimate of drug-likeness (QED) is 0.232. The maximum absolute atomic E-state index is 2.46. The third kappa shape index (κ3) is 4.48. The fourth-order valence-electron chi connectivity index (χ4n) is 5.07.